The smallest absolute Gasteiger partial charge is 0.323 e. The Balaban J connectivity index is 1.38. The summed E-state index contributed by atoms with van der Waals surface area (Å²) in [4.78, 5) is 39.4. The number of nitrogens with one attached hydrogen (secondary N) is 3. The van der Waals surface area contributed by atoms with Crippen molar-refractivity contribution in [2.75, 3.05) is 32.7 Å². The molecule has 0 aliphatic carbocycles. The quantitative estimate of drug-likeness (QED) is 0.336. The van der Waals surface area contributed by atoms with Crippen LogP contribution in [0.5, 0.6) is 0 Å². The van der Waals surface area contributed by atoms with Gasteiger partial charge in [0.1, 0.15) is 11.7 Å². The summed E-state index contributed by atoms with van der Waals surface area (Å²) in [5.41, 5.74) is 1.13. The SMILES string of the molecule is Cc1ccc(S(=O)(=O)N[C@H](CNC(=O)c2cc3n(n2)CCCN(CCC2CCCNC2)C3=O)C(=O)O)cc1. The van der Waals surface area contributed by atoms with E-state index < -0.39 is 34.5 Å². The lowest BCUT2D eigenvalue weighted by atomic mass is 9.96. The minimum Gasteiger partial charge on any atom is -0.480 e. The second kappa shape index (κ2) is 12.0. The molecular formula is C25H34N6O6S. The number of carboxylic acids is 1. The third-order valence-electron chi connectivity index (χ3n) is 6.92. The van der Waals surface area contributed by atoms with E-state index in [1.165, 1.54) is 22.9 Å². The molecule has 38 heavy (non-hydrogen) atoms. The first-order valence-corrected chi connectivity index (χ1v) is 14.3. The van der Waals surface area contributed by atoms with Crippen molar-refractivity contribution < 1.29 is 27.9 Å². The number of aryl methyl sites for hydroxylation is 2. The van der Waals surface area contributed by atoms with Gasteiger partial charge in [-0.25, -0.2) is 8.42 Å². The summed E-state index contributed by atoms with van der Waals surface area (Å²) < 4.78 is 28.8. The lowest BCUT2D eigenvalue weighted by molar-refractivity contribution is -0.138. The maximum atomic E-state index is 13.2. The number of aliphatic carboxylic acids is 1. The van der Waals surface area contributed by atoms with Crippen molar-refractivity contribution in [3.05, 3.63) is 47.3 Å². The number of hydrogen-bond donors (Lipinski definition) is 4. The van der Waals surface area contributed by atoms with Crippen molar-refractivity contribution in [1.29, 1.82) is 0 Å². The van der Waals surface area contributed by atoms with Crippen molar-refractivity contribution in [3.63, 3.8) is 0 Å². The Morgan fingerprint density at radius 2 is 1.97 bits per heavy atom. The first kappa shape index (κ1) is 27.7. The van der Waals surface area contributed by atoms with Crippen molar-refractivity contribution in [3.8, 4) is 0 Å². The summed E-state index contributed by atoms with van der Waals surface area (Å²) in [5, 5.41) is 19.6. The molecule has 1 unspecified atom stereocenters. The summed E-state index contributed by atoms with van der Waals surface area (Å²) in [6, 6.07) is 5.76. The predicted molar refractivity (Wildman–Crippen MR) is 138 cm³/mol. The Hall–Kier alpha value is -3.29. The van der Waals surface area contributed by atoms with Crippen molar-refractivity contribution in [2.24, 2.45) is 5.92 Å². The van der Waals surface area contributed by atoms with Crippen LogP contribution in [0, 0.1) is 12.8 Å². The molecule has 4 N–H and O–H groups in total. The highest BCUT2D eigenvalue weighted by atomic mass is 32.2. The van der Waals surface area contributed by atoms with E-state index in [9.17, 15) is 27.9 Å². The maximum Gasteiger partial charge on any atom is 0.323 e. The molecule has 0 radical (unpaired) electrons. The molecule has 206 valence electrons. The monoisotopic (exact) mass is 546 g/mol. The Morgan fingerprint density at radius 3 is 2.66 bits per heavy atom. The number of fused-ring (bicyclic) bond motifs is 1. The van der Waals surface area contributed by atoms with Gasteiger partial charge in [-0.3, -0.25) is 19.1 Å². The summed E-state index contributed by atoms with van der Waals surface area (Å²) in [7, 11) is -4.12. The van der Waals surface area contributed by atoms with Crippen LogP contribution < -0.4 is 15.4 Å². The van der Waals surface area contributed by atoms with Crippen molar-refractivity contribution in [1.82, 2.24) is 30.0 Å². The molecule has 3 heterocycles. The molecule has 0 bridgehead atoms. The topological polar surface area (TPSA) is 163 Å². The molecule has 2 amide bonds. The van der Waals surface area contributed by atoms with Gasteiger partial charge in [-0.2, -0.15) is 9.82 Å². The molecule has 2 aliphatic heterocycles. The number of piperidine rings is 1. The highest BCUT2D eigenvalue weighted by Crippen LogP contribution is 2.19. The average Bonchev–Trinajstić information content (AvgIpc) is 3.27. The highest BCUT2D eigenvalue weighted by molar-refractivity contribution is 7.89. The summed E-state index contributed by atoms with van der Waals surface area (Å²) in [5.74, 6) is -1.79. The molecule has 1 fully saturated rings. The van der Waals surface area contributed by atoms with E-state index >= 15 is 0 Å². The fraction of sp³-hybridized carbons (Fsp3) is 0.520. The molecule has 2 atom stereocenters. The summed E-state index contributed by atoms with van der Waals surface area (Å²) in [6.07, 6.45) is 3.90. The van der Waals surface area contributed by atoms with Gasteiger partial charge in [0.05, 0.1) is 4.90 Å². The lowest BCUT2D eigenvalue weighted by Crippen LogP contribution is -2.48. The Kier molecular flexibility index (Phi) is 8.80. The Bertz CT molecular complexity index is 1270. The number of aromatic nitrogens is 2. The first-order valence-electron chi connectivity index (χ1n) is 12.8. The van der Waals surface area contributed by atoms with Gasteiger partial charge in [0.25, 0.3) is 11.8 Å². The molecule has 1 saturated heterocycles. The van der Waals surface area contributed by atoms with Crippen LogP contribution in [0.1, 0.15) is 52.2 Å². The fourth-order valence-corrected chi connectivity index (χ4v) is 5.89. The van der Waals surface area contributed by atoms with E-state index in [0.29, 0.717) is 37.7 Å². The molecular weight excluding hydrogens is 512 g/mol. The number of hydrogen-bond acceptors (Lipinski definition) is 7. The van der Waals surface area contributed by atoms with Crippen LogP contribution >= 0.6 is 0 Å². The fourth-order valence-electron chi connectivity index (χ4n) is 4.70. The number of amides is 2. The average molecular weight is 547 g/mol. The second-order valence-corrected chi connectivity index (χ2v) is 11.5. The molecule has 0 saturated carbocycles. The highest BCUT2D eigenvalue weighted by Gasteiger charge is 2.29. The zero-order valence-corrected chi connectivity index (χ0v) is 22.2. The molecule has 1 aromatic carbocycles. The number of nitrogens with zero attached hydrogens (tertiary/aromatic N) is 3. The van der Waals surface area contributed by atoms with Gasteiger partial charge in [0, 0.05) is 32.2 Å². The lowest BCUT2D eigenvalue weighted by Gasteiger charge is -2.26. The van der Waals surface area contributed by atoms with Crippen molar-refractivity contribution in [2.45, 2.75) is 50.1 Å². The molecule has 12 nitrogen and oxygen atoms in total. The van der Waals surface area contributed by atoms with E-state index in [2.05, 4.69) is 20.5 Å². The standard InChI is InChI=1S/C25H34N6O6S/c1-17-5-7-19(8-6-17)38(36,37)29-21(25(34)35)16-27-23(32)20-14-22-24(33)30(11-3-12-31(22)28-20)13-9-18-4-2-10-26-15-18/h5-8,14,18,21,26,29H,2-4,9-13,15-16H2,1H3,(H,27,32)(H,34,35)/t18?,21-/m1/s1. The molecule has 0 spiro atoms. The van der Waals surface area contributed by atoms with Gasteiger partial charge in [0.15, 0.2) is 5.69 Å². The number of benzene rings is 1. The minimum absolute atomic E-state index is 0.0304. The van der Waals surface area contributed by atoms with E-state index in [4.69, 9.17) is 0 Å². The normalized spacial score (nSPS) is 18.9. The van der Waals surface area contributed by atoms with E-state index in [1.807, 2.05) is 0 Å². The van der Waals surface area contributed by atoms with Gasteiger partial charge in [-0.15, -0.1) is 0 Å². The van der Waals surface area contributed by atoms with Crippen LogP contribution in [0.3, 0.4) is 0 Å². The van der Waals surface area contributed by atoms with Gasteiger partial charge in [-0.05, 0) is 63.7 Å². The van der Waals surface area contributed by atoms with Crippen molar-refractivity contribution >= 4 is 27.8 Å². The third kappa shape index (κ3) is 6.77. The summed E-state index contributed by atoms with van der Waals surface area (Å²) >= 11 is 0. The van der Waals surface area contributed by atoms with Crippen LogP contribution in [-0.2, 0) is 21.4 Å². The summed E-state index contributed by atoms with van der Waals surface area (Å²) in [6.45, 7) is 5.03. The molecule has 13 heteroatoms. The van der Waals surface area contributed by atoms with E-state index in [-0.39, 0.29) is 16.5 Å². The second-order valence-electron chi connectivity index (χ2n) is 9.82. The van der Waals surface area contributed by atoms with Crippen LogP contribution in [0.25, 0.3) is 0 Å². The number of sulfonamides is 1. The molecule has 2 aromatic rings. The first-order chi connectivity index (χ1) is 18.1. The maximum absolute atomic E-state index is 13.2. The number of carboxylic acid groups (broad SMARTS) is 1. The van der Waals surface area contributed by atoms with Gasteiger partial charge in [0.2, 0.25) is 10.0 Å². The third-order valence-corrected chi connectivity index (χ3v) is 8.40. The molecule has 1 aromatic heterocycles. The van der Waals surface area contributed by atoms with Gasteiger partial charge in [-0.1, -0.05) is 17.7 Å². The number of rotatable bonds is 10. The van der Waals surface area contributed by atoms with E-state index in [0.717, 1.165) is 37.9 Å². The van der Waals surface area contributed by atoms with Crippen LogP contribution in [0.15, 0.2) is 35.2 Å². The minimum atomic E-state index is -4.12. The Labute approximate surface area is 221 Å². The predicted octanol–water partition coefficient (Wildman–Crippen LogP) is 0.589. The van der Waals surface area contributed by atoms with Crippen LogP contribution in [-0.4, -0.2) is 84.8 Å². The van der Waals surface area contributed by atoms with Gasteiger partial charge >= 0.3 is 5.97 Å². The number of carbonyl (C=O) groups excluding carboxylic acids is 2. The van der Waals surface area contributed by atoms with Gasteiger partial charge < -0.3 is 20.6 Å². The molecule has 4 rings (SSSR count). The largest absolute Gasteiger partial charge is 0.480 e. The Morgan fingerprint density at radius 1 is 1.21 bits per heavy atom. The van der Waals surface area contributed by atoms with Crippen LogP contribution in [0.4, 0.5) is 0 Å². The van der Waals surface area contributed by atoms with Crippen LogP contribution in [0.2, 0.25) is 0 Å². The molecule has 2 aliphatic rings. The number of carbonyl (C=O) groups is 3. The zero-order valence-electron chi connectivity index (χ0n) is 21.4. The zero-order chi connectivity index (χ0) is 27.3. The van der Waals surface area contributed by atoms with E-state index in [1.54, 1.807) is 24.0 Å².